The number of likely N-dealkylation sites (N-methyl/N-ethyl adjacent to an activating group) is 1. The van der Waals surface area contributed by atoms with Gasteiger partial charge in [-0.15, -0.1) is 0 Å². The molecule has 1 aromatic heterocycles. The number of anilines is 1. The summed E-state index contributed by atoms with van der Waals surface area (Å²) in [5, 5.41) is 3.47. The summed E-state index contributed by atoms with van der Waals surface area (Å²) in [6, 6.07) is 0. The van der Waals surface area contributed by atoms with Gasteiger partial charge in [-0.25, -0.2) is 4.98 Å². The van der Waals surface area contributed by atoms with Crippen LogP contribution in [0.1, 0.15) is 19.5 Å². The van der Waals surface area contributed by atoms with Gasteiger partial charge in [-0.3, -0.25) is 0 Å². The SMILES string of the molecule is CCN(CC)CCNCc1cnc(N(C)C)n1C. The fourth-order valence-electron chi connectivity index (χ4n) is 2.01. The Balaban J connectivity index is 2.36. The Kier molecular flexibility index (Phi) is 6.15. The van der Waals surface area contributed by atoms with Crippen molar-refractivity contribution in [2.24, 2.45) is 7.05 Å². The molecule has 1 aromatic rings. The van der Waals surface area contributed by atoms with Gasteiger partial charge in [-0.2, -0.15) is 0 Å². The Labute approximate surface area is 111 Å². The van der Waals surface area contributed by atoms with E-state index in [2.05, 4.69) is 40.7 Å². The van der Waals surface area contributed by atoms with Crippen molar-refractivity contribution in [3.63, 3.8) is 0 Å². The van der Waals surface area contributed by atoms with Gasteiger partial charge >= 0.3 is 0 Å². The second kappa shape index (κ2) is 7.38. The van der Waals surface area contributed by atoms with Gasteiger partial charge in [0, 0.05) is 40.8 Å². The Bertz CT molecular complexity index is 341. The van der Waals surface area contributed by atoms with Crippen LogP contribution in [0.4, 0.5) is 5.95 Å². The van der Waals surface area contributed by atoms with E-state index in [-0.39, 0.29) is 0 Å². The summed E-state index contributed by atoms with van der Waals surface area (Å²) < 4.78 is 2.13. The predicted molar refractivity (Wildman–Crippen MR) is 77.0 cm³/mol. The molecule has 1 heterocycles. The number of aromatic nitrogens is 2. The third kappa shape index (κ3) is 3.99. The zero-order chi connectivity index (χ0) is 13.5. The molecule has 0 radical (unpaired) electrons. The van der Waals surface area contributed by atoms with Crippen LogP contribution >= 0.6 is 0 Å². The first kappa shape index (κ1) is 15.0. The zero-order valence-electron chi connectivity index (χ0n) is 12.4. The summed E-state index contributed by atoms with van der Waals surface area (Å²) in [4.78, 5) is 8.85. The summed E-state index contributed by atoms with van der Waals surface area (Å²) in [5.74, 6) is 0.996. The van der Waals surface area contributed by atoms with Gasteiger partial charge in [-0.05, 0) is 13.1 Å². The van der Waals surface area contributed by atoms with Crippen molar-refractivity contribution in [3.05, 3.63) is 11.9 Å². The monoisotopic (exact) mass is 253 g/mol. The Morgan fingerprint density at radius 1 is 1.28 bits per heavy atom. The van der Waals surface area contributed by atoms with Crippen molar-refractivity contribution >= 4 is 5.95 Å². The number of hydrogen-bond donors (Lipinski definition) is 1. The second-order valence-electron chi connectivity index (χ2n) is 4.71. The van der Waals surface area contributed by atoms with E-state index in [4.69, 9.17) is 0 Å². The molecule has 5 heteroatoms. The second-order valence-corrected chi connectivity index (χ2v) is 4.71. The summed E-state index contributed by atoms with van der Waals surface area (Å²) >= 11 is 0. The first-order chi connectivity index (χ1) is 8.60. The molecule has 0 saturated heterocycles. The van der Waals surface area contributed by atoms with Crippen LogP contribution in [0.3, 0.4) is 0 Å². The van der Waals surface area contributed by atoms with Gasteiger partial charge in [0.1, 0.15) is 0 Å². The third-order valence-electron chi connectivity index (χ3n) is 3.27. The van der Waals surface area contributed by atoms with Gasteiger partial charge in [0.05, 0.1) is 11.9 Å². The summed E-state index contributed by atoms with van der Waals surface area (Å²) in [6.45, 7) is 9.64. The maximum atomic E-state index is 4.40. The molecule has 0 saturated carbocycles. The van der Waals surface area contributed by atoms with Crippen molar-refractivity contribution in [3.8, 4) is 0 Å². The van der Waals surface area contributed by atoms with Gasteiger partial charge in [0.2, 0.25) is 5.95 Å². The molecule has 0 atom stereocenters. The van der Waals surface area contributed by atoms with Crippen molar-refractivity contribution in [1.29, 1.82) is 0 Å². The minimum atomic E-state index is 0.874. The molecule has 0 fully saturated rings. The third-order valence-corrected chi connectivity index (χ3v) is 3.27. The molecule has 1 N–H and O–H groups in total. The van der Waals surface area contributed by atoms with Gasteiger partial charge in [0.25, 0.3) is 0 Å². The van der Waals surface area contributed by atoms with E-state index in [0.717, 1.165) is 38.7 Å². The molecular weight excluding hydrogens is 226 g/mol. The van der Waals surface area contributed by atoms with E-state index < -0.39 is 0 Å². The van der Waals surface area contributed by atoms with Crippen LogP contribution in [0.15, 0.2) is 6.20 Å². The van der Waals surface area contributed by atoms with E-state index in [0.29, 0.717) is 0 Å². The number of hydrogen-bond acceptors (Lipinski definition) is 4. The molecule has 5 nitrogen and oxygen atoms in total. The normalized spacial score (nSPS) is 11.2. The molecule has 0 aliphatic carbocycles. The average molecular weight is 253 g/mol. The number of rotatable bonds is 8. The van der Waals surface area contributed by atoms with Crippen LogP contribution in [0.5, 0.6) is 0 Å². The molecule has 0 unspecified atom stereocenters. The van der Waals surface area contributed by atoms with Crippen molar-refractivity contribution in [1.82, 2.24) is 19.8 Å². The molecule has 0 aliphatic rings. The van der Waals surface area contributed by atoms with Crippen LogP contribution in [0, 0.1) is 0 Å². The van der Waals surface area contributed by atoms with Gasteiger partial charge in [0.15, 0.2) is 0 Å². The molecule has 0 bridgehead atoms. The van der Waals surface area contributed by atoms with E-state index >= 15 is 0 Å². The van der Waals surface area contributed by atoms with Gasteiger partial charge < -0.3 is 19.7 Å². The van der Waals surface area contributed by atoms with Crippen LogP contribution in [0.25, 0.3) is 0 Å². The molecule has 0 spiro atoms. The van der Waals surface area contributed by atoms with Crippen molar-refractivity contribution < 1.29 is 0 Å². The highest BCUT2D eigenvalue weighted by molar-refractivity contribution is 5.30. The predicted octanol–water partition coefficient (Wildman–Crippen LogP) is 0.917. The molecule has 18 heavy (non-hydrogen) atoms. The Morgan fingerprint density at radius 2 is 1.94 bits per heavy atom. The zero-order valence-corrected chi connectivity index (χ0v) is 12.4. The lowest BCUT2D eigenvalue weighted by atomic mass is 10.4. The minimum absolute atomic E-state index is 0.874. The van der Waals surface area contributed by atoms with Gasteiger partial charge in [-0.1, -0.05) is 13.8 Å². The van der Waals surface area contributed by atoms with E-state index in [1.54, 1.807) is 0 Å². The number of nitrogens with zero attached hydrogens (tertiary/aromatic N) is 4. The molecule has 0 aliphatic heterocycles. The molecule has 104 valence electrons. The van der Waals surface area contributed by atoms with Crippen molar-refractivity contribution in [2.75, 3.05) is 45.2 Å². The summed E-state index contributed by atoms with van der Waals surface area (Å²) in [6.07, 6.45) is 1.94. The maximum Gasteiger partial charge on any atom is 0.204 e. The van der Waals surface area contributed by atoms with Crippen LogP contribution < -0.4 is 10.2 Å². The highest BCUT2D eigenvalue weighted by atomic mass is 15.3. The Morgan fingerprint density at radius 3 is 2.44 bits per heavy atom. The maximum absolute atomic E-state index is 4.40. The summed E-state index contributed by atoms with van der Waals surface area (Å²) in [7, 11) is 6.09. The fourth-order valence-corrected chi connectivity index (χ4v) is 2.01. The standard InChI is InChI=1S/C13H27N5/c1-6-18(7-2)9-8-14-10-12-11-15-13(16(3)4)17(12)5/h11,14H,6-10H2,1-5H3. The lowest BCUT2D eigenvalue weighted by Gasteiger charge is -2.18. The van der Waals surface area contributed by atoms with Crippen LogP contribution in [-0.4, -0.2) is 54.7 Å². The molecule has 0 amide bonds. The fraction of sp³-hybridized carbons (Fsp3) is 0.769. The number of nitrogens with one attached hydrogen (secondary N) is 1. The van der Waals surface area contributed by atoms with Crippen LogP contribution in [-0.2, 0) is 13.6 Å². The lowest BCUT2D eigenvalue weighted by molar-refractivity contribution is 0.302. The first-order valence-electron chi connectivity index (χ1n) is 6.71. The minimum Gasteiger partial charge on any atom is -0.348 e. The molecular formula is C13H27N5. The van der Waals surface area contributed by atoms with E-state index in [1.807, 2.05) is 25.2 Å². The smallest absolute Gasteiger partial charge is 0.204 e. The highest BCUT2D eigenvalue weighted by Crippen LogP contribution is 2.10. The largest absolute Gasteiger partial charge is 0.348 e. The quantitative estimate of drug-likeness (QED) is 0.699. The van der Waals surface area contributed by atoms with E-state index in [1.165, 1.54) is 5.69 Å². The van der Waals surface area contributed by atoms with E-state index in [9.17, 15) is 0 Å². The molecule has 1 rings (SSSR count). The Hall–Kier alpha value is -1.07. The van der Waals surface area contributed by atoms with Crippen LogP contribution in [0.2, 0.25) is 0 Å². The average Bonchev–Trinajstić information content (AvgIpc) is 2.71. The lowest BCUT2D eigenvalue weighted by Crippen LogP contribution is -2.32. The number of imidazole rings is 1. The summed E-state index contributed by atoms with van der Waals surface area (Å²) in [5.41, 5.74) is 1.22. The first-order valence-corrected chi connectivity index (χ1v) is 6.71. The highest BCUT2D eigenvalue weighted by Gasteiger charge is 2.07. The topological polar surface area (TPSA) is 36.3 Å². The van der Waals surface area contributed by atoms with Crippen molar-refractivity contribution in [2.45, 2.75) is 20.4 Å². The molecule has 0 aromatic carbocycles.